The SMILES string of the molecule is O=C(O)CC=Cc1ccc2c(=O)[nH]ncc2c1. The number of hydrogen-bond acceptors (Lipinski definition) is 3. The van der Waals surface area contributed by atoms with Crippen molar-refractivity contribution in [3.05, 3.63) is 46.4 Å². The molecule has 2 rings (SSSR count). The number of nitrogens with one attached hydrogen (secondary N) is 1. The molecular weight excluding hydrogens is 220 g/mol. The molecule has 0 radical (unpaired) electrons. The van der Waals surface area contributed by atoms with E-state index < -0.39 is 5.97 Å². The van der Waals surface area contributed by atoms with Gasteiger partial charge in [0.2, 0.25) is 0 Å². The van der Waals surface area contributed by atoms with E-state index in [1.807, 2.05) is 0 Å². The molecule has 5 heteroatoms. The topological polar surface area (TPSA) is 83.0 Å². The number of carboxylic acid groups (broad SMARTS) is 1. The summed E-state index contributed by atoms with van der Waals surface area (Å²) in [5, 5.41) is 15.8. The number of nitrogens with zero attached hydrogens (tertiary/aromatic N) is 1. The molecule has 0 saturated carbocycles. The molecule has 1 aromatic carbocycles. The Morgan fingerprint density at radius 3 is 3.06 bits per heavy atom. The summed E-state index contributed by atoms with van der Waals surface area (Å²) in [6, 6.07) is 5.24. The zero-order valence-electron chi connectivity index (χ0n) is 8.88. The number of rotatable bonds is 3. The Kier molecular flexibility index (Phi) is 3.00. The second kappa shape index (κ2) is 4.61. The van der Waals surface area contributed by atoms with Crippen molar-refractivity contribution in [1.29, 1.82) is 0 Å². The second-order valence-electron chi connectivity index (χ2n) is 3.55. The van der Waals surface area contributed by atoms with E-state index in [1.165, 1.54) is 0 Å². The third-order valence-corrected chi connectivity index (χ3v) is 2.29. The van der Waals surface area contributed by atoms with Crippen molar-refractivity contribution in [1.82, 2.24) is 10.2 Å². The molecule has 0 saturated heterocycles. The van der Waals surface area contributed by atoms with E-state index in [-0.39, 0.29) is 12.0 Å². The zero-order valence-corrected chi connectivity index (χ0v) is 8.88. The Balaban J connectivity index is 2.35. The van der Waals surface area contributed by atoms with E-state index in [2.05, 4.69) is 10.2 Å². The molecule has 5 nitrogen and oxygen atoms in total. The first-order chi connectivity index (χ1) is 8.16. The van der Waals surface area contributed by atoms with Gasteiger partial charge in [-0.1, -0.05) is 18.2 Å². The van der Waals surface area contributed by atoms with Gasteiger partial charge in [0.1, 0.15) is 0 Å². The molecule has 2 N–H and O–H groups in total. The Morgan fingerprint density at radius 2 is 2.29 bits per heavy atom. The fourth-order valence-corrected chi connectivity index (χ4v) is 1.51. The lowest BCUT2D eigenvalue weighted by molar-refractivity contribution is -0.135. The maximum atomic E-state index is 11.4. The van der Waals surface area contributed by atoms with E-state index >= 15 is 0 Å². The van der Waals surface area contributed by atoms with Crippen LogP contribution in [0.3, 0.4) is 0 Å². The summed E-state index contributed by atoms with van der Waals surface area (Å²) >= 11 is 0. The van der Waals surface area contributed by atoms with Crippen LogP contribution in [0.5, 0.6) is 0 Å². The van der Waals surface area contributed by atoms with Crippen LogP contribution < -0.4 is 5.56 Å². The lowest BCUT2D eigenvalue weighted by atomic mass is 10.1. The van der Waals surface area contributed by atoms with Gasteiger partial charge in [0, 0.05) is 5.39 Å². The van der Waals surface area contributed by atoms with Gasteiger partial charge in [0.25, 0.3) is 5.56 Å². The average Bonchev–Trinajstić information content (AvgIpc) is 2.29. The fourth-order valence-electron chi connectivity index (χ4n) is 1.51. The molecule has 0 unspecified atom stereocenters. The van der Waals surface area contributed by atoms with Crippen molar-refractivity contribution in [2.75, 3.05) is 0 Å². The highest BCUT2D eigenvalue weighted by atomic mass is 16.4. The van der Waals surface area contributed by atoms with Crippen LogP contribution in [-0.4, -0.2) is 21.3 Å². The van der Waals surface area contributed by atoms with Gasteiger partial charge in [-0.3, -0.25) is 9.59 Å². The van der Waals surface area contributed by atoms with Crippen molar-refractivity contribution in [3.63, 3.8) is 0 Å². The largest absolute Gasteiger partial charge is 0.481 e. The molecule has 2 aromatic rings. The molecule has 0 amide bonds. The third-order valence-electron chi connectivity index (χ3n) is 2.29. The van der Waals surface area contributed by atoms with E-state index in [0.717, 1.165) is 10.9 Å². The molecule has 0 aliphatic carbocycles. The van der Waals surface area contributed by atoms with Crippen molar-refractivity contribution in [2.45, 2.75) is 6.42 Å². The summed E-state index contributed by atoms with van der Waals surface area (Å²) in [4.78, 5) is 21.7. The lowest BCUT2D eigenvalue weighted by Gasteiger charge is -1.97. The van der Waals surface area contributed by atoms with E-state index in [4.69, 9.17) is 5.11 Å². The van der Waals surface area contributed by atoms with Crippen LogP contribution in [-0.2, 0) is 4.79 Å². The zero-order chi connectivity index (χ0) is 12.3. The van der Waals surface area contributed by atoms with Crippen molar-refractivity contribution < 1.29 is 9.90 Å². The Hall–Kier alpha value is -2.43. The second-order valence-corrected chi connectivity index (χ2v) is 3.55. The van der Waals surface area contributed by atoms with Gasteiger partial charge in [-0.2, -0.15) is 5.10 Å². The Morgan fingerprint density at radius 1 is 1.47 bits per heavy atom. The van der Waals surface area contributed by atoms with Crippen molar-refractivity contribution in [2.24, 2.45) is 0 Å². The molecule has 0 aliphatic rings. The number of carbonyl (C=O) groups is 1. The van der Waals surface area contributed by atoms with Crippen LogP contribution in [0.15, 0.2) is 35.3 Å². The maximum absolute atomic E-state index is 11.4. The molecule has 0 spiro atoms. The highest BCUT2D eigenvalue weighted by molar-refractivity contribution is 5.83. The fraction of sp³-hybridized carbons (Fsp3) is 0.0833. The number of fused-ring (bicyclic) bond motifs is 1. The van der Waals surface area contributed by atoms with Gasteiger partial charge in [-0.05, 0) is 17.7 Å². The van der Waals surface area contributed by atoms with Crippen LogP contribution >= 0.6 is 0 Å². The summed E-state index contributed by atoms with van der Waals surface area (Å²) in [6.07, 6.45) is 4.80. The van der Waals surface area contributed by atoms with Crippen LogP contribution in [0.4, 0.5) is 0 Å². The summed E-state index contributed by atoms with van der Waals surface area (Å²) in [6.45, 7) is 0. The number of aromatic amines is 1. The quantitative estimate of drug-likeness (QED) is 0.835. The molecule has 0 bridgehead atoms. The van der Waals surface area contributed by atoms with Crippen LogP contribution in [0.2, 0.25) is 0 Å². The number of H-pyrrole nitrogens is 1. The van der Waals surface area contributed by atoms with E-state index in [0.29, 0.717) is 5.39 Å². The van der Waals surface area contributed by atoms with Gasteiger partial charge in [0.05, 0.1) is 18.0 Å². The predicted octanol–water partition coefficient (Wildman–Crippen LogP) is 1.41. The summed E-state index contributed by atoms with van der Waals surface area (Å²) in [5.41, 5.74) is 0.606. The number of hydrogen-bond donors (Lipinski definition) is 2. The molecule has 0 fully saturated rings. The monoisotopic (exact) mass is 230 g/mol. The van der Waals surface area contributed by atoms with Crippen LogP contribution in [0.1, 0.15) is 12.0 Å². The lowest BCUT2D eigenvalue weighted by Crippen LogP contribution is -2.06. The van der Waals surface area contributed by atoms with Gasteiger partial charge < -0.3 is 5.11 Å². The molecule has 17 heavy (non-hydrogen) atoms. The third kappa shape index (κ3) is 2.57. The predicted molar refractivity (Wildman–Crippen MR) is 63.7 cm³/mol. The van der Waals surface area contributed by atoms with Crippen LogP contribution in [0, 0.1) is 0 Å². The summed E-state index contributed by atoms with van der Waals surface area (Å²) in [7, 11) is 0. The number of benzene rings is 1. The standard InChI is InChI=1S/C12H10N2O3/c15-11(16)3-1-2-8-4-5-10-9(6-8)7-13-14-12(10)17/h1-2,4-7H,3H2,(H,14,17)(H,15,16). The Bertz CT molecular complexity index is 643. The van der Waals surface area contributed by atoms with Gasteiger partial charge >= 0.3 is 5.97 Å². The minimum Gasteiger partial charge on any atom is -0.481 e. The summed E-state index contributed by atoms with van der Waals surface area (Å²) in [5.74, 6) is -0.875. The molecule has 0 aliphatic heterocycles. The highest BCUT2D eigenvalue weighted by Crippen LogP contribution is 2.12. The first-order valence-electron chi connectivity index (χ1n) is 5.02. The molecule has 0 atom stereocenters. The Labute approximate surface area is 96.4 Å². The van der Waals surface area contributed by atoms with Crippen molar-refractivity contribution >= 4 is 22.8 Å². The maximum Gasteiger partial charge on any atom is 0.307 e. The van der Waals surface area contributed by atoms with Crippen LogP contribution in [0.25, 0.3) is 16.8 Å². The first kappa shape index (κ1) is 11.1. The van der Waals surface area contributed by atoms with E-state index in [9.17, 15) is 9.59 Å². The first-order valence-corrected chi connectivity index (χ1v) is 5.02. The molecular formula is C12H10N2O3. The smallest absolute Gasteiger partial charge is 0.307 e. The number of aromatic nitrogens is 2. The van der Waals surface area contributed by atoms with Crippen molar-refractivity contribution in [3.8, 4) is 0 Å². The normalized spacial score (nSPS) is 11.1. The average molecular weight is 230 g/mol. The minimum atomic E-state index is -0.875. The minimum absolute atomic E-state index is 0.0222. The summed E-state index contributed by atoms with van der Waals surface area (Å²) < 4.78 is 0. The molecule has 1 heterocycles. The molecule has 86 valence electrons. The van der Waals surface area contributed by atoms with Gasteiger partial charge in [0.15, 0.2) is 0 Å². The number of aliphatic carboxylic acids is 1. The highest BCUT2D eigenvalue weighted by Gasteiger charge is 1.98. The van der Waals surface area contributed by atoms with Gasteiger partial charge in [-0.15, -0.1) is 0 Å². The van der Waals surface area contributed by atoms with Gasteiger partial charge in [-0.25, -0.2) is 5.10 Å². The van der Waals surface area contributed by atoms with E-state index in [1.54, 1.807) is 36.5 Å². The number of carboxylic acids is 1. The molecule has 1 aromatic heterocycles.